The minimum atomic E-state index is -0.942. The standard InChI is InChI=1S/C41H44N2O8/c1-23-35(50-21-25-14-10-8-11-15-25)27-18-29-34-33-28(36(24(2)38(47-5)40(33)49-7)51-22-26-16-12-9-13-17-26)19-30(42(34)3)41(45)43(29)31(20-44)32(27)39(48-6)37(23)46-4/h8-17,20,29-31,34H,18-19,21-22H2,1-7H3/t29-,30-,31+,34-/m0/s1. The molecule has 3 heterocycles. The lowest BCUT2D eigenvalue weighted by Gasteiger charge is -2.56. The predicted octanol–water partition coefficient (Wildman–Crippen LogP) is 6.10. The van der Waals surface area contributed by atoms with Gasteiger partial charge in [-0.05, 0) is 38.4 Å². The van der Waals surface area contributed by atoms with Crippen LogP contribution >= 0.6 is 0 Å². The molecule has 2 bridgehead atoms. The molecule has 4 atom stereocenters. The molecule has 266 valence electrons. The second-order valence-corrected chi connectivity index (χ2v) is 13.3. The summed E-state index contributed by atoms with van der Waals surface area (Å²) in [5.74, 6) is 3.24. The highest BCUT2D eigenvalue weighted by atomic mass is 16.5. The average molecular weight is 693 g/mol. The number of carbonyl (C=O) groups excluding carboxylic acids is 2. The molecule has 0 unspecified atom stereocenters. The minimum Gasteiger partial charge on any atom is -0.492 e. The van der Waals surface area contributed by atoms with E-state index in [4.69, 9.17) is 28.4 Å². The second kappa shape index (κ2) is 13.8. The number of ether oxygens (including phenoxy) is 6. The van der Waals surface area contributed by atoms with Crippen LogP contribution in [0.3, 0.4) is 0 Å². The Morgan fingerprint density at radius 1 is 0.667 bits per heavy atom. The third kappa shape index (κ3) is 5.44. The zero-order valence-electron chi connectivity index (χ0n) is 30.1. The summed E-state index contributed by atoms with van der Waals surface area (Å²) in [6, 6.07) is 17.6. The maximum atomic E-state index is 14.8. The molecule has 3 aliphatic rings. The maximum Gasteiger partial charge on any atom is 0.241 e. The first-order valence-electron chi connectivity index (χ1n) is 17.2. The van der Waals surface area contributed by atoms with Gasteiger partial charge in [-0.2, -0.15) is 0 Å². The zero-order chi connectivity index (χ0) is 36.0. The lowest BCUT2D eigenvalue weighted by Crippen LogP contribution is -2.66. The summed E-state index contributed by atoms with van der Waals surface area (Å²) in [6.07, 6.45) is 1.59. The molecule has 0 N–H and O–H groups in total. The normalized spacial score (nSPS) is 20.5. The molecule has 0 aliphatic carbocycles. The van der Waals surface area contributed by atoms with E-state index in [2.05, 4.69) is 4.90 Å². The van der Waals surface area contributed by atoms with Gasteiger partial charge in [-0.25, -0.2) is 0 Å². The molecular weight excluding hydrogens is 648 g/mol. The van der Waals surface area contributed by atoms with Gasteiger partial charge < -0.3 is 38.1 Å². The first kappa shape index (κ1) is 34.2. The largest absolute Gasteiger partial charge is 0.492 e. The van der Waals surface area contributed by atoms with Crippen molar-refractivity contribution in [2.24, 2.45) is 0 Å². The molecule has 0 aromatic heterocycles. The molecule has 0 radical (unpaired) electrons. The number of carbonyl (C=O) groups is 2. The molecule has 10 heteroatoms. The van der Waals surface area contributed by atoms with Crippen molar-refractivity contribution in [3.63, 3.8) is 0 Å². The van der Waals surface area contributed by atoms with Gasteiger partial charge in [0.05, 0.1) is 46.6 Å². The third-order valence-corrected chi connectivity index (χ3v) is 10.8. The molecule has 7 rings (SSSR count). The molecule has 0 saturated carbocycles. The van der Waals surface area contributed by atoms with Crippen LogP contribution in [0.2, 0.25) is 0 Å². The number of hydrogen-bond acceptors (Lipinski definition) is 9. The van der Waals surface area contributed by atoms with Crippen LogP contribution in [0.15, 0.2) is 60.7 Å². The summed E-state index contributed by atoms with van der Waals surface area (Å²) < 4.78 is 37.2. The van der Waals surface area contributed by atoms with E-state index < -0.39 is 18.1 Å². The summed E-state index contributed by atoms with van der Waals surface area (Å²) >= 11 is 0. The number of piperazine rings is 1. The van der Waals surface area contributed by atoms with Crippen molar-refractivity contribution in [3.8, 4) is 34.5 Å². The van der Waals surface area contributed by atoms with E-state index in [0.29, 0.717) is 66.1 Å². The summed E-state index contributed by atoms with van der Waals surface area (Å²) in [4.78, 5) is 32.0. The van der Waals surface area contributed by atoms with E-state index in [1.165, 1.54) is 0 Å². The third-order valence-electron chi connectivity index (χ3n) is 10.8. The quantitative estimate of drug-likeness (QED) is 0.173. The fraction of sp³-hybridized carbons (Fsp3) is 0.366. The first-order valence-corrected chi connectivity index (χ1v) is 17.2. The summed E-state index contributed by atoms with van der Waals surface area (Å²) in [5, 5.41) is 0. The number of methoxy groups -OCH3 is 4. The Bertz CT molecular complexity index is 1960. The van der Waals surface area contributed by atoms with Crippen molar-refractivity contribution >= 4 is 12.2 Å². The zero-order valence-corrected chi connectivity index (χ0v) is 30.1. The molecular formula is C41H44N2O8. The predicted molar refractivity (Wildman–Crippen MR) is 191 cm³/mol. The fourth-order valence-corrected chi connectivity index (χ4v) is 8.52. The van der Waals surface area contributed by atoms with Crippen LogP contribution in [0.1, 0.15) is 56.6 Å². The molecule has 0 spiro atoms. The summed E-state index contributed by atoms with van der Waals surface area (Å²) in [6.45, 7) is 4.55. The monoisotopic (exact) mass is 692 g/mol. The van der Waals surface area contributed by atoms with Crippen LogP contribution < -0.4 is 28.4 Å². The van der Waals surface area contributed by atoms with Gasteiger partial charge in [-0.15, -0.1) is 0 Å². The lowest BCUT2D eigenvalue weighted by molar-refractivity contribution is -0.158. The molecule has 10 nitrogen and oxygen atoms in total. The van der Waals surface area contributed by atoms with Gasteiger partial charge in [-0.3, -0.25) is 9.69 Å². The molecule has 1 fully saturated rings. The van der Waals surface area contributed by atoms with Crippen LogP contribution in [0.25, 0.3) is 0 Å². The van der Waals surface area contributed by atoms with Gasteiger partial charge in [0, 0.05) is 39.8 Å². The van der Waals surface area contributed by atoms with E-state index >= 15 is 0 Å². The van der Waals surface area contributed by atoms with Crippen molar-refractivity contribution in [3.05, 3.63) is 105 Å². The number of fused-ring (bicyclic) bond motifs is 7. The summed E-state index contributed by atoms with van der Waals surface area (Å²) in [7, 11) is 8.37. The highest BCUT2D eigenvalue weighted by molar-refractivity contribution is 5.90. The van der Waals surface area contributed by atoms with E-state index in [1.54, 1.807) is 33.3 Å². The number of rotatable bonds is 11. The van der Waals surface area contributed by atoms with Crippen molar-refractivity contribution in [2.75, 3.05) is 35.5 Å². The van der Waals surface area contributed by atoms with Gasteiger partial charge in [0.15, 0.2) is 23.0 Å². The Kier molecular flexibility index (Phi) is 9.28. The highest BCUT2D eigenvalue weighted by Crippen LogP contribution is 2.58. The second-order valence-electron chi connectivity index (χ2n) is 13.3. The number of likely N-dealkylation sites (N-methyl/N-ethyl adjacent to an activating group) is 1. The number of amides is 1. The van der Waals surface area contributed by atoms with E-state index in [1.807, 2.05) is 81.6 Å². The van der Waals surface area contributed by atoms with Crippen LogP contribution in [-0.2, 0) is 35.6 Å². The average Bonchev–Trinajstić information content (AvgIpc) is 3.15. The first-order chi connectivity index (χ1) is 24.8. The van der Waals surface area contributed by atoms with Gasteiger partial charge in [0.1, 0.15) is 37.0 Å². The van der Waals surface area contributed by atoms with E-state index in [9.17, 15) is 9.59 Å². The Hall–Kier alpha value is -5.22. The van der Waals surface area contributed by atoms with Gasteiger partial charge in [-0.1, -0.05) is 60.7 Å². The number of benzene rings is 4. The van der Waals surface area contributed by atoms with Crippen molar-refractivity contribution in [1.82, 2.24) is 9.80 Å². The van der Waals surface area contributed by atoms with Gasteiger partial charge >= 0.3 is 0 Å². The lowest BCUT2D eigenvalue weighted by atomic mass is 9.73. The Morgan fingerprint density at radius 2 is 1.14 bits per heavy atom. The van der Waals surface area contributed by atoms with Crippen LogP contribution in [0, 0.1) is 13.8 Å². The topological polar surface area (TPSA) is 96.0 Å². The highest BCUT2D eigenvalue weighted by Gasteiger charge is 2.56. The van der Waals surface area contributed by atoms with Crippen molar-refractivity contribution < 1.29 is 38.0 Å². The molecule has 1 saturated heterocycles. The number of nitrogens with zero attached hydrogens (tertiary/aromatic N) is 2. The molecule has 1 amide bonds. The SMILES string of the molecule is COc1c(C)c(OCc2ccccc2)c2c(c1OC)[C@@H]1[C@@H]3Cc4c(OCc5ccccc5)c(C)c(OC)c(OC)c4[C@@H](C=O)N3C(=O)[C@H](C2)N1C. The van der Waals surface area contributed by atoms with Crippen LogP contribution in [0.4, 0.5) is 0 Å². The van der Waals surface area contributed by atoms with Crippen molar-refractivity contribution in [1.29, 1.82) is 0 Å². The van der Waals surface area contributed by atoms with Crippen LogP contribution in [-0.4, -0.2) is 69.6 Å². The number of hydrogen-bond donors (Lipinski definition) is 0. The molecule has 4 aromatic rings. The van der Waals surface area contributed by atoms with Gasteiger partial charge in [0.25, 0.3) is 0 Å². The Balaban J connectivity index is 1.42. The van der Waals surface area contributed by atoms with Crippen LogP contribution in [0.5, 0.6) is 34.5 Å². The van der Waals surface area contributed by atoms with E-state index in [-0.39, 0.29) is 11.9 Å². The minimum absolute atomic E-state index is 0.137. The van der Waals surface area contributed by atoms with E-state index in [0.717, 1.165) is 45.2 Å². The Labute approximate surface area is 298 Å². The number of aldehydes is 1. The smallest absolute Gasteiger partial charge is 0.241 e. The molecule has 3 aliphatic heterocycles. The van der Waals surface area contributed by atoms with Gasteiger partial charge in [0.2, 0.25) is 5.91 Å². The maximum absolute atomic E-state index is 14.8. The molecule has 51 heavy (non-hydrogen) atoms. The summed E-state index contributed by atoms with van der Waals surface area (Å²) in [5.41, 5.74) is 6.79. The fourth-order valence-electron chi connectivity index (χ4n) is 8.52. The van der Waals surface area contributed by atoms with Crippen molar-refractivity contribution in [2.45, 2.75) is 64.1 Å². The molecule has 4 aromatic carbocycles. The Morgan fingerprint density at radius 3 is 1.61 bits per heavy atom.